The van der Waals surface area contributed by atoms with Crippen molar-refractivity contribution < 1.29 is 5.11 Å². The van der Waals surface area contributed by atoms with Crippen molar-refractivity contribution in [2.24, 2.45) is 16.3 Å². The van der Waals surface area contributed by atoms with Gasteiger partial charge in [0, 0.05) is 13.1 Å². The Hall–Kier alpha value is -0.820. The molecule has 2 fully saturated rings. The first-order chi connectivity index (χ1) is 11.6. The Morgan fingerprint density at radius 1 is 1.24 bits per heavy atom. The third kappa shape index (κ3) is 5.09. The lowest BCUT2D eigenvalue weighted by Crippen LogP contribution is -2.48. The highest BCUT2D eigenvalue weighted by Gasteiger charge is 2.48. The molecular weight excluding hydrogens is 425 g/mol. The lowest BCUT2D eigenvalue weighted by molar-refractivity contribution is 0.0671. The molecule has 1 unspecified atom stereocenters. The van der Waals surface area contributed by atoms with E-state index in [2.05, 4.69) is 22.5 Å². The van der Waals surface area contributed by atoms with Crippen LogP contribution in [0.1, 0.15) is 51.5 Å². The van der Waals surface area contributed by atoms with Crippen molar-refractivity contribution in [3.8, 4) is 0 Å². The first kappa shape index (κ1) is 20.5. The first-order valence-electron chi connectivity index (χ1n) is 9.36. The van der Waals surface area contributed by atoms with Crippen LogP contribution in [0, 0.1) is 11.3 Å². The van der Waals surface area contributed by atoms with E-state index in [0.29, 0.717) is 12.0 Å². The molecule has 0 spiro atoms. The number of halogens is 1. The zero-order valence-electron chi connectivity index (χ0n) is 15.4. The highest BCUT2D eigenvalue weighted by molar-refractivity contribution is 14.0. The molecule has 0 bridgehead atoms. The van der Waals surface area contributed by atoms with E-state index < -0.39 is 5.60 Å². The van der Waals surface area contributed by atoms with Gasteiger partial charge in [-0.15, -0.1) is 24.0 Å². The Morgan fingerprint density at radius 3 is 2.44 bits per heavy atom. The number of rotatable bonds is 7. The van der Waals surface area contributed by atoms with Crippen LogP contribution in [0.3, 0.4) is 0 Å². The number of aliphatic imine (C=N–C) groups is 1. The topological polar surface area (TPSA) is 56.7 Å². The number of benzene rings is 1. The molecule has 5 heteroatoms. The largest absolute Gasteiger partial charge is 0.384 e. The van der Waals surface area contributed by atoms with Gasteiger partial charge in [-0.25, -0.2) is 4.99 Å². The minimum atomic E-state index is -0.950. The minimum absolute atomic E-state index is 0. The third-order valence-corrected chi connectivity index (χ3v) is 5.69. The maximum atomic E-state index is 10.7. The zero-order valence-corrected chi connectivity index (χ0v) is 17.8. The molecule has 1 atom stereocenters. The van der Waals surface area contributed by atoms with E-state index in [1.165, 1.54) is 32.1 Å². The summed E-state index contributed by atoms with van der Waals surface area (Å²) < 4.78 is 0. The first-order valence-corrected chi connectivity index (χ1v) is 9.36. The molecule has 25 heavy (non-hydrogen) atoms. The fourth-order valence-electron chi connectivity index (χ4n) is 3.78. The second kappa shape index (κ2) is 8.71. The molecule has 1 aromatic carbocycles. The van der Waals surface area contributed by atoms with Gasteiger partial charge in [-0.2, -0.15) is 0 Å². The van der Waals surface area contributed by atoms with Crippen LogP contribution >= 0.6 is 24.0 Å². The SMILES string of the molecule is CCNC(=NCC(C)(O)c1ccccc1)NCC1(C2CC2)CCC1.I. The normalized spacial score (nSPS) is 21.5. The van der Waals surface area contributed by atoms with Crippen LogP contribution in [0.2, 0.25) is 0 Å². The van der Waals surface area contributed by atoms with Crippen LogP contribution < -0.4 is 10.6 Å². The van der Waals surface area contributed by atoms with E-state index in [1.807, 2.05) is 37.3 Å². The summed E-state index contributed by atoms with van der Waals surface area (Å²) in [7, 11) is 0. The van der Waals surface area contributed by atoms with Crippen LogP contribution in [-0.2, 0) is 5.60 Å². The molecule has 0 aliphatic heterocycles. The Balaban J connectivity index is 0.00000225. The molecule has 2 saturated carbocycles. The highest BCUT2D eigenvalue weighted by Crippen LogP contribution is 2.56. The highest BCUT2D eigenvalue weighted by atomic mass is 127. The van der Waals surface area contributed by atoms with Gasteiger partial charge < -0.3 is 15.7 Å². The summed E-state index contributed by atoms with van der Waals surface area (Å²) in [5.41, 5.74) is 0.463. The molecule has 140 valence electrons. The Labute approximate surface area is 168 Å². The van der Waals surface area contributed by atoms with Crippen LogP contribution in [0.4, 0.5) is 0 Å². The summed E-state index contributed by atoms with van der Waals surface area (Å²) in [5, 5.41) is 17.6. The summed E-state index contributed by atoms with van der Waals surface area (Å²) in [5.74, 6) is 1.75. The number of guanidine groups is 1. The van der Waals surface area contributed by atoms with Crippen molar-refractivity contribution >= 4 is 29.9 Å². The number of aliphatic hydroxyl groups is 1. The molecule has 3 N–H and O–H groups in total. The van der Waals surface area contributed by atoms with Crippen molar-refractivity contribution in [1.82, 2.24) is 10.6 Å². The van der Waals surface area contributed by atoms with Crippen molar-refractivity contribution in [2.45, 2.75) is 51.6 Å². The Kier molecular flexibility index (Phi) is 7.14. The van der Waals surface area contributed by atoms with Gasteiger partial charge >= 0.3 is 0 Å². The van der Waals surface area contributed by atoms with Gasteiger partial charge in [0.25, 0.3) is 0 Å². The average Bonchev–Trinajstić information content (AvgIpc) is 3.37. The molecule has 0 saturated heterocycles. The fraction of sp³-hybridized carbons (Fsp3) is 0.650. The fourth-order valence-corrected chi connectivity index (χ4v) is 3.78. The molecule has 0 radical (unpaired) electrons. The second-order valence-corrected chi connectivity index (χ2v) is 7.68. The van der Waals surface area contributed by atoms with Gasteiger partial charge in [0.1, 0.15) is 5.60 Å². The quantitative estimate of drug-likeness (QED) is 0.333. The monoisotopic (exact) mass is 457 g/mol. The molecule has 2 aliphatic carbocycles. The van der Waals surface area contributed by atoms with Crippen LogP contribution in [0.5, 0.6) is 0 Å². The van der Waals surface area contributed by atoms with Crippen molar-refractivity contribution in [3.63, 3.8) is 0 Å². The van der Waals surface area contributed by atoms with Crippen molar-refractivity contribution in [1.29, 1.82) is 0 Å². The second-order valence-electron chi connectivity index (χ2n) is 7.68. The van der Waals surface area contributed by atoms with Crippen molar-refractivity contribution in [3.05, 3.63) is 35.9 Å². The maximum Gasteiger partial charge on any atom is 0.191 e. The van der Waals surface area contributed by atoms with Gasteiger partial charge in [-0.1, -0.05) is 36.8 Å². The van der Waals surface area contributed by atoms with E-state index in [0.717, 1.165) is 30.5 Å². The summed E-state index contributed by atoms with van der Waals surface area (Å²) in [6, 6.07) is 9.77. The van der Waals surface area contributed by atoms with Gasteiger partial charge in [-0.3, -0.25) is 0 Å². The summed E-state index contributed by atoms with van der Waals surface area (Å²) >= 11 is 0. The third-order valence-electron chi connectivity index (χ3n) is 5.69. The van der Waals surface area contributed by atoms with Crippen LogP contribution in [-0.4, -0.2) is 30.7 Å². The molecule has 1 aromatic rings. The van der Waals surface area contributed by atoms with Gasteiger partial charge in [0.2, 0.25) is 0 Å². The van der Waals surface area contributed by atoms with Crippen LogP contribution in [0.15, 0.2) is 35.3 Å². The molecule has 4 nitrogen and oxygen atoms in total. The molecule has 0 amide bonds. The van der Waals surface area contributed by atoms with Crippen molar-refractivity contribution in [2.75, 3.05) is 19.6 Å². The van der Waals surface area contributed by atoms with Gasteiger partial charge in [-0.05, 0) is 56.4 Å². The van der Waals surface area contributed by atoms with Gasteiger partial charge in [0.15, 0.2) is 5.96 Å². The number of hydrogen-bond donors (Lipinski definition) is 3. The van der Waals surface area contributed by atoms with Crippen LogP contribution in [0.25, 0.3) is 0 Å². The summed E-state index contributed by atoms with van der Waals surface area (Å²) in [4.78, 5) is 4.65. The molecule has 3 rings (SSSR count). The Bertz CT molecular complexity index is 566. The summed E-state index contributed by atoms with van der Waals surface area (Å²) in [6.45, 7) is 6.09. The smallest absolute Gasteiger partial charge is 0.191 e. The van der Waals surface area contributed by atoms with E-state index in [9.17, 15) is 5.11 Å². The molecule has 0 heterocycles. The van der Waals surface area contributed by atoms with E-state index in [-0.39, 0.29) is 24.0 Å². The standard InChI is InChI=1S/C20H31N3O.HI/c1-3-21-18(23-15-20(12-7-13-20)17-10-11-17)22-14-19(2,24)16-8-5-4-6-9-16;/h4-6,8-9,17,24H,3,7,10-15H2,1-2H3,(H2,21,22,23);1H. The summed E-state index contributed by atoms with van der Waals surface area (Å²) in [6.07, 6.45) is 6.88. The number of hydrogen-bond acceptors (Lipinski definition) is 2. The predicted octanol–water partition coefficient (Wildman–Crippen LogP) is 3.65. The minimum Gasteiger partial charge on any atom is -0.384 e. The Morgan fingerprint density at radius 2 is 1.92 bits per heavy atom. The average molecular weight is 457 g/mol. The lowest BCUT2D eigenvalue weighted by Gasteiger charge is -2.43. The lowest BCUT2D eigenvalue weighted by atomic mass is 9.65. The zero-order chi connectivity index (χ0) is 17.0. The van der Waals surface area contributed by atoms with Gasteiger partial charge in [0.05, 0.1) is 6.54 Å². The van der Waals surface area contributed by atoms with E-state index in [4.69, 9.17) is 0 Å². The number of nitrogens with zero attached hydrogens (tertiary/aromatic N) is 1. The maximum absolute atomic E-state index is 10.7. The number of nitrogens with one attached hydrogen (secondary N) is 2. The van der Waals surface area contributed by atoms with E-state index in [1.54, 1.807) is 0 Å². The molecular formula is C20H32IN3O. The van der Waals surface area contributed by atoms with E-state index >= 15 is 0 Å². The predicted molar refractivity (Wildman–Crippen MR) is 114 cm³/mol. The molecule has 0 aromatic heterocycles. The molecule has 2 aliphatic rings.